The van der Waals surface area contributed by atoms with Crippen molar-refractivity contribution in [3.05, 3.63) is 168 Å². The number of halogens is 36. The highest BCUT2D eigenvalue weighted by Gasteiger charge is 2.61. The molecule has 0 saturated carbocycles. The first-order chi connectivity index (χ1) is 38.0. The predicted molar refractivity (Wildman–Crippen MR) is 221 cm³/mol. The summed E-state index contributed by atoms with van der Waals surface area (Å²) in [5, 5.41) is 0. The molecule has 0 saturated heterocycles. The van der Waals surface area contributed by atoms with Gasteiger partial charge in [-0.15, -0.1) is 21.9 Å². The minimum Gasteiger partial charge on any atom is -0.296 e. The van der Waals surface area contributed by atoms with Crippen LogP contribution in [0.4, 0.5) is 164 Å². The molecule has 5 aromatic rings. The fraction of sp³-hybridized carbons (Fsp3) is 0.277. The van der Waals surface area contributed by atoms with Gasteiger partial charge in [0.25, 0.3) is 0 Å². The molecule has 0 aromatic heterocycles. The largest absolute Gasteiger partial charge is 0.421 e. The van der Waals surface area contributed by atoms with E-state index in [0.717, 1.165) is 13.1 Å². The summed E-state index contributed by atoms with van der Waals surface area (Å²) in [6.07, 6.45) is -68.6. The predicted octanol–water partition coefficient (Wildman–Crippen LogP) is 15.4. The number of nitrogens with one attached hydrogen (secondary N) is 1. The number of rotatable bonds is 9. The van der Waals surface area contributed by atoms with E-state index in [1.807, 2.05) is 12.2 Å². The molecule has 0 aliphatic heterocycles. The van der Waals surface area contributed by atoms with Crippen molar-refractivity contribution < 1.29 is 163 Å². The van der Waals surface area contributed by atoms with Crippen LogP contribution in [0.2, 0.25) is 0 Å². The van der Waals surface area contributed by atoms with Crippen LogP contribution in [-0.2, 0) is 49.4 Å². The molecule has 470 valence electrons. The molecule has 0 unspecified atom stereocenters. The van der Waals surface area contributed by atoms with Crippen LogP contribution in [-0.4, -0.2) is 19.2 Å². The second-order valence-electron chi connectivity index (χ2n) is 17.6. The van der Waals surface area contributed by atoms with E-state index < -0.39 is 192 Å². The lowest BCUT2D eigenvalue weighted by Gasteiger charge is -2.47. The van der Waals surface area contributed by atoms with E-state index in [-0.39, 0.29) is 0 Å². The average Bonchev–Trinajstić information content (AvgIpc) is 0.716. The Labute approximate surface area is 448 Å². The van der Waals surface area contributed by atoms with Gasteiger partial charge in [0, 0.05) is 11.1 Å². The number of aryl methyl sites for hydroxylation is 3. The van der Waals surface area contributed by atoms with Crippen molar-refractivity contribution in [3.63, 3.8) is 0 Å². The van der Waals surface area contributed by atoms with Gasteiger partial charge in [-0.2, -0.15) is 105 Å². The number of hydrogen-bond acceptors (Lipinski definition) is 0. The molecule has 1 N–H and O–H groups in total. The molecule has 0 spiro atoms. The molecule has 0 radical (unpaired) electrons. The third-order valence-corrected chi connectivity index (χ3v) is 12.2. The van der Waals surface area contributed by atoms with Gasteiger partial charge in [-0.05, 0) is 32.9 Å². The summed E-state index contributed by atoms with van der Waals surface area (Å²) in [4.78, 5) is 1.42. The van der Waals surface area contributed by atoms with Crippen LogP contribution < -0.4 is 26.8 Å². The standard InChI is InChI=1S/C32BF36.C15H21N/c34-13-1(25(46,47)48)17(38)9(18(39)2(13)26(49,50)51)33(10-19(40)3(27(52,53)54)14(35)4(20(10)41)28(55,56)57,11-21(42)5(29(58,59)60)15(36)6(22(11)43)30(61,62)63)12-23(44)7(31(64,65)66)16(37)8(24(12)45)32(67,68)69;1-6-8-16(9-7-2)15-13(4)10-12(3)11-14(15)5/h;6-7,10-11H,1-2,8-9H2,3-5H3/q-1;/p+1. The Bertz CT molecular complexity index is 2890. The molecule has 1 nitrogen and oxygen atoms in total. The van der Waals surface area contributed by atoms with E-state index in [1.165, 1.54) is 27.3 Å². The molecule has 0 bridgehead atoms. The van der Waals surface area contributed by atoms with E-state index in [1.54, 1.807) is 0 Å². The fourth-order valence-electron chi connectivity index (χ4n) is 9.48. The molecule has 0 amide bonds. The third kappa shape index (κ3) is 12.4. The maximum Gasteiger partial charge on any atom is 0.421 e. The molecule has 5 rings (SSSR count). The SMILES string of the molecule is C=CC[NH+](CC=C)c1c(C)cc(C)cc1C.Fc1c([B-](c2c(F)c(C(F)(F)F)c(F)c(C(F)(F)F)c2F)(c2c(F)c(C(F)(F)F)c(F)c(C(F)(F)F)c2F)c2c(F)c(C(F)(F)F)c(F)c(C(F)(F)F)c2F)c(F)c(C(F)(F)F)c(F)c1C(F)(F)F. The van der Waals surface area contributed by atoms with Crippen LogP contribution in [0.25, 0.3) is 0 Å². The van der Waals surface area contributed by atoms with Gasteiger partial charge in [-0.1, -0.05) is 30.9 Å². The van der Waals surface area contributed by atoms with Gasteiger partial charge in [0.2, 0.25) is 0 Å². The third-order valence-electron chi connectivity index (χ3n) is 12.2. The second kappa shape index (κ2) is 22.7. The van der Waals surface area contributed by atoms with Gasteiger partial charge in [-0.3, -0.25) is 4.90 Å². The van der Waals surface area contributed by atoms with Crippen molar-refractivity contribution in [1.29, 1.82) is 0 Å². The molecule has 0 aliphatic rings. The number of hydrogen-bond donors (Lipinski definition) is 1. The highest BCUT2D eigenvalue weighted by atomic mass is 19.4. The van der Waals surface area contributed by atoms with Crippen molar-refractivity contribution >= 4 is 33.7 Å². The van der Waals surface area contributed by atoms with E-state index in [4.69, 9.17) is 0 Å². The number of benzene rings is 5. The molecular weight excluding hydrogens is 1270 g/mol. The van der Waals surface area contributed by atoms with Crippen molar-refractivity contribution in [2.75, 3.05) is 13.1 Å². The molecular formula is C47H22BF36N. The molecule has 0 atom stereocenters. The van der Waals surface area contributed by atoms with Crippen LogP contribution >= 0.6 is 0 Å². The monoisotopic (exact) mass is 1300 g/mol. The molecule has 38 heteroatoms. The van der Waals surface area contributed by atoms with Crippen LogP contribution in [0, 0.1) is 90.6 Å². The second-order valence-corrected chi connectivity index (χ2v) is 17.6. The first kappa shape index (κ1) is 70.6. The molecule has 5 aromatic carbocycles. The zero-order chi connectivity index (χ0) is 66.5. The van der Waals surface area contributed by atoms with Crippen molar-refractivity contribution in [3.8, 4) is 0 Å². The van der Waals surface area contributed by atoms with Gasteiger partial charge in [0.05, 0.1) is 0 Å². The summed E-state index contributed by atoms with van der Waals surface area (Å²) in [7, 11) is 0. The Morgan fingerprint density at radius 1 is 0.306 bits per heavy atom. The summed E-state index contributed by atoms with van der Waals surface area (Å²) in [5.74, 6) is -62.4. The summed E-state index contributed by atoms with van der Waals surface area (Å²) >= 11 is 0. The van der Waals surface area contributed by atoms with Gasteiger partial charge in [0.15, 0.2) is 23.3 Å². The maximum absolute atomic E-state index is 16.6. The van der Waals surface area contributed by atoms with E-state index in [2.05, 4.69) is 46.1 Å². The van der Waals surface area contributed by atoms with Crippen LogP contribution in [0.3, 0.4) is 0 Å². The number of quaternary nitrogens is 1. The molecule has 0 heterocycles. The zero-order valence-corrected chi connectivity index (χ0v) is 40.8. The Morgan fingerprint density at radius 2 is 0.459 bits per heavy atom. The van der Waals surface area contributed by atoms with Crippen LogP contribution in [0.5, 0.6) is 0 Å². The molecule has 85 heavy (non-hydrogen) atoms. The van der Waals surface area contributed by atoms with Crippen LogP contribution in [0.1, 0.15) is 61.2 Å². The Balaban J connectivity index is 0.000000833. The quantitative estimate of drug-likeness (QED) is 0.0852. The van der Waals surface area contributed by atoms with E-state index >= 15 is 52.7 Å². The van der Waals surface area contributed by atoms with Crippen molar-refractivity contribution in [2.45, 2.75) is 70.2 Å². The Kier molecular flexibility index (Phi) is 18.9. The van der Waals surface area contributed by atoms with Crippen molar-refractivity contribution in [1.82, 2.24) is 0 Å². The lowest BCUT2D eigenvalue weighted by molar-refractivity contribution is -0.819. The first-order valence-corrected chi connectivity index (χ1v) is 21.7. The van der Waals surface area contributed by atoms with Crippen molar-refractivity contribution in [2.24, 2.45) is 0 Å². The lowest BCUT2D eigenvalue weighted by Crippen LogP contribution is -3.07. The maximum atomic E-state index is 16.6. The highest BCUT2D eigenvalue weighted by molar-refractivity contribution is 7.20. The normalized spacial score (nSPS) is 13.4. The zero-order valence-electron chi connectivity index (χ0n) is 40.8. The smallest absolute Gasteiger partial charge is 0.296 e. The fourth-order valence-corrected chi connectivity index (χ4v) is 9.48. The summed E-state index contributed by atoms with van der Waals surface area (Å²) in [6, 6.07) is 4.49. The average molecular weight is 1300 g/mol. The van der Waals surface area contributed by atoms with Crippen LogP contribution in [0.15, 0.2) is 37.4 Å². The van der Waals surface area contributed by atoms with Gasteiger partial charge in [0.1, 0.15) is 116 Å². The molecule has 0 fully saturated rings. The molecule has 0 aliphatic carbocycles. The summed E-state index contributed by atoms with van der Waals surface area (Å²) in [6.45, 7) is 16.0. The lowest BCUT2D eigenvalue weighted by atomic mass is 9.12. The number of alkyl halides is 24. The van der Waals surface area contributed by atoms with E-state index in [0.29, 0.717) is 0 Å². The summed E-state index contributed by atoms with van der Waals surface area (Å²) < 4.78 is 536. The van der Waals surface area contributed by atoms with Gasteiger partial charge in [-0.25, -0.2) is 52.7 Å². The van der Waals surface area contributed by atoms with Gasteiger partial charge >= 0.3 is 49.4 Å². The minimum absolute atomic E-state index is 0.941. The first-order valence-electron chi connectivity index (χ1n) is 21.7. The Morgan fingerprint density at radius 3 is 0.588 bits per heavy atom. The highest BCUT2D eigenvalue weighted by Crippen LogP contribution is 2.49. The van der Waals surface area contributed by atoms with Gasteiger partial charge < -0.3 is 0 Å². The van der Waals surface area contributed by atoms with E-state index in [9.17, 15) is 105 Å². The Hall–Kier alpha value is -6.92. The topological polar surface area (TPSA) is 4.44 Å². The summed E-state index contributed by atoms with van der Waals surface area (Å²) in [5.41, 5.74) is -57.0. The minimum atomic E-state index is -9.72.